The zero-order chi connectivity index (χ0) is 11.3. The summed E-state index contributed by atoms with van der Waals surface area (Å²) in [7, 11) is 0. The summed E-state index contributed by atoms with van der Waals surface area (Å²) in [6.45, 7) is 5.05. The van der Waals surface area contributed by atoms with Crippen LogP contribution in [0.1, 0.15) is 37.2 Å². The van der Waals surface area contributed by atoms with Gasteiger partial charge in [0.05, 0.1) is 12.8 Å². The van der Waals surface area contributed by atoms with Crippen molar-refractivity contribution < 1.29 is 14.6 Å². The predicted octanol–water partition coefficient (Wildman–Crippen LogP) is 1.78. The third-order valence-corrected chi connectivity index (χ3v) is 1.91. The summed E-state index contributed by atoms with van der Waals surface area (Å²) in [4.78, 5) is 11.0. The Balaban J connectivity index is 2.90. The Morgan fingerprint density at radius 2 is 2.27 bits per heavy atom. The number of nitrogens with zero attached hydrogens (tertiary/aromatic N) is 2. The smallest absolute Gasteiger partial charge is 0.358 e. The van der Waals surface area contributed by atoms with Crippen LogP contribution in [0.4, 0.5) is 0 Å². The lowest BCUT2D eigenvalue weighted by Crippen LogP contribution is -2.11. The van der Waals surface area contributed by atoms with E-state index in [1.807, 2.05) is 13.8 Å². The van der Waals surface area contributed by atoms with E-state index in [0.717, 1.165) is 12.8 Å². The number of rotatable bonds is 6. The van der Waals surface area contributed by atoms with Crippen LogP contribution >= 0.6 is 0 Å². The van der Waals surface area contributed by atoms with Crippen molar-refractivity contribution in [3.63, 3.8) is 0 Å². The number of aromatic carboxylic acids is 1. The average molecular weight is 212 g/mol. The summed E-state index contributed by atoms with van der Waals surface area (Å²) >= 11 is 0. The Labute approximate surface area is 88.7 Å². The fourth-order valence-corrected chi connectivity index (χ4v) is 1.28. The molecule has 0 fully saturated rings. The van der Waals surface area contributed by atoms with E-state index in [2.05, 4.69) is 5.10 Å². The van der Waals surface area contributed by atoms with E-state index in [0.29, 0.717) is 18.9 Å². The lowest BCUT2D eigenvalue weighted by molar-refractivity contribution is 0.0678. The highest BCUT2D eigenvalue weighted by Crippen LogP contribution is 2.18. The lowest BCUT2D eigenvalue weighted by atomic mass is 10.4. The summed E-state index contributed by atoms with van der Waals surface area (Å²) < 4.78 is 6.78. The van der Waals surface area contributed by atoms with E-state index in [4.69, 9.17) is 9.84 Å². The van der Waals surface area contributed by atoms with E-state index in [-0.39, 0.29) is 5.69 Å². The molecular formula is C10H16N2O3. The van der Waals surface area contributed by atoms with Gasteiger partial charge < -0.3 is 9.84 Å². The average Bonchev–Trinajstić information content (AvgIpc) is 2.58. The normalized spacial score (nSPS) is 10.3. The molecule has 0 saturated heterocycles. The highest BCUT2D eigenvalue weighted by molar-refractivity contribution is 5.88. The van der Waals surface area contributed by atoms with Crippen LogP contribution < -0.4 is 4.74 Å². The summed E-state index contributed by atoms with van der Waals surface area (Å²) in [5, 5.41) is 13.0. The van der Waals surface area contributed by atoms with Crippen molar-refractivity contribution in [1.82, 2.24) is 9.78 Å². The third kappa shape index (κ3) is 2.71. The number of ether oxygens (including phenoxy) is 1. The number of carboxylic acids is 1. The first-order valence-electron chi connectivity index (χ1n) is 5.12. The minimum atomic E-state index is -0.993. The molecule has 0 atom stereocenters. The molecular weight excluding hydrogens is 196 g/mol. The van der Waals surface area contributed by atoms with Crippen molar-refractivity contribution >= 4 is 5.97 Å². The molecule has 1 heterocycles. The van der Waals surface area contributed by atoms with Crippen molar-refractivity contribution in [1.29, 1.82) is 0 Å². The second-order valence-corrected chi connectivity index (χ2v) is 3.23. The molecule has 15 heavy (non-hydrogen) atoms. The van der Waals surface area contributed by atoms with Gasteiger partial charge in [-0.25, -0.2) is 4.79 Å². The van der Waals surface area contributed by atoms with Gasteiger partial charge in [0.1, 0.15) is 0 Å². The second kappa shape index (κ2) is 5.38. The van der Waals surface area contributed by atoms with E-state index < -0.39 is 5.97 Å². The fourth-order valence-electron chi connectivity index (χ4n) is 1.28. The summed E-state index contributed by atoms with van der Waals surface area (Å²) in [6, 6.07) is 0. The maximum Gasteiger partial charge on any atom is 0.358 e. The molecule has 5 heteroatoms. The van der Waals surface area contributed by atoms with Crippen LogP contribution in [0.3, 0.4) is 0 Å². The molecule has 0 amide bonds. The van der Waals surface area contributed by atoms with Gasteiger partial charge >= 0.3 is 5.97 Å². The highest BCUT2D eigenvalue weighted by atomic mass is 16.5. The van der Waals surface area contributed by atoms with E-state index in [9.17, 15) is 4.79 Å². The molecule has 1 N–H and O–H groups in total. The van der Waals surface area contributed by atoms with Crippen LogP contribution in [-0.2, 0) is 6.54 Å². The van der Waals surface area contributed by atoms with E-state index in [1.165, 1.54) is 10.9 Å². The molecule has 0 spiro atoms. The van der Waals surface area contributed by atoms with Crippen molar-refractivity contribution in [3.8, 4) is 5.75 Å². The third-order valence-electron chi connectivity index (χ3n) is 1.91. The Kier molecular flexibility index (Phi) is 4.15. The number of aromatic nitrogens is 2. The first-order valence-corrected chi connectivity index (χ1v) is 5.12. The molecule has 0 aliphatic rings. The molecule has 0 saturated carbocycles. The standard InChI is InChI=1S/C10H16N2O3/c1-3-5-12-9(10(13)14)8(7-11-12)15-6-4-2/h7H,3-6H2,1-2H3,(H,13,14). The maximum atomic E-state index is 11.0. The molecule has 1 rings (SSSR count). The molecule has 5 nitrogen and oxygen atoms in total. The molecule has 1 aromatic heterocycles. The zero-order valence-corrected chi connectivity index (χ0v) is 9.06. The fraction of sp³-hybridized carbons (Fsp3) is 0.600. The van der Waals surface area contributed by atoms with Gasteiger partial charge in [-0.05, 0) is 12.8 Å². The minimum Gasteiger partial charge on any atom is -0.489 e. The van der Waals surface area contributed by atoms with Crippen molar-refractivity contribution in [2.75, 3.05) is 6.61 Å². The SMILES string of the molecule is CCCOc1cnn(CCC)c1C(=O)O. The van der Waals surface area contributed by atoms with Gasteiger partial charge in [0.2, 0.25) is 0 Å². The molecule has 0 aliphatic carbocycles. The van der Waals surface area contributed by atoms with Crippen LogP contribution in [0.2, 0.25) is 0 Å². The van der Waals surface area contributed by atoms with Crippen LogP contribution in [0, 0.1) is 0 Å². The van der Waals surface area contributed by atoms with Gasteiger partial charge in [0.25, 0.3) is 0 Å². The molecule has 0 aromatic carbocycles. The van der Waals surface area contributed by atoms with Gasteiger partial charge in [-0.2, -0.15) is 5.10 Å². The van der Waals surface area contributed by atoms with Crippen LogP contribution in [-0.4, -0.2) is 27.5 Å². The first-order chi connectivity index (χ1) is 7.20. The van der Waals surface area contributed by atoms with Gasteiger partial charge in [-0.15, -0.1) is 0 Å². The minimum absolute atomic E-state index is 0.144. The predicted molar refractivity (Wildman–Crippen MR) is 55.3 cm³/mol. The summed E-state index contributed by atoms with van der Waals surface area (Å²) in [5.74, 6) is -0.634. The van der Waals surface area contributed by atoms with Crippen molar-refractivity contribution in [3.05, 3.63) is 11.9 Å². The number of aryl methyl sites for hydroxylation is 1. The highest BCUT2D eigenvalue weighted by Gasteiger charge is 2.18. The van der Waals surface area contributed by atoms with Crippen LogP contribution in [0.15, 0.2) is 6.20 Å². The monoisotopic (exact) mass is 212 g/mol. The Morgan fingerprint density at radius 3 is 2.80 bits per heavy atom. The lowest BCUT2D eigenvalue weighted by Gasteiger charge is -2.05. The topological polar surface area (TPSA) is 64.4 Å². The van der Waals surface area contributed by atoms with Crippen molar-refractivity contribution in [2.45, 2.75) is 33.2 Å². The molecule has 1 aromatic rings. The summed E-state index contributed by atoms with van der Waals surface area (Å²) in [6.07, 6.45) is 3.15. The number of hydrogen-bond donors (Lipinski definition) is 1. The molecule has 0 radical (unpaired) electrons. The van der Waals surface area contributed by atoms with Crippen LogP contribution in [0.5, 0.6) is 5.75 Å². The second-order valence-electron chi connectivity index (χ2n) is 3.23. The molecule has 0 bridgehead atoms. The van der Waals surface area contributed by atoms with Gasteiger partial charge in [0.15, 0.2) is 11.4 Å². The Bertz CT molecular complexity index is 333. The van der Waals surface area contributed by atoms with Crippen LogP contribution in [0.25, 0.3) is 0 Å². The Morgan fingerprint density at radius 1 is 1.53 bits per heavy atom. The first kappa shape index (κ1) is 11.6. The number of hydrogen-bond acceptors (Lipinski definition) is 3. The maximum absolute atomic E-state index is 11.0. The van der Waals surface area contributed by atoms with Gasteiger partial charge in [-0.3, -0.25) is 4.68 Å². The zero-order valence-electron chi connectivity index (χ0n) is 9.06. The molecule has 84 valence electrons. The number of carboxylic acid groups (broad SMARTS) is 1. The molecule has 0 unspecified atom stereocenters. The largest absolute Gasteiger partial charge is 0.489 e. The quantitative estimate of drug-likeness (QED) is 0.780. The van der Waals surface area contributed by atoms with E-state index >= 15 is 0 Å². The molecule has 0 aliphatic heterocycles. The number of carbonyl (C=O) groups is 1. The summed E-state index contributed by atoms with van der Waals surface area (Å²) in [5.41, 5.74) is 0.144. The Hall–Kier alpha value is -1.52. The van der Waals surface area contributed by atoms with E-state index in [1.54, 1.807) is 0 Å². The van der Waals surface area contributed by atoms with Gasteiger partial charge in [-0.1, -0.05) is 13.8 Å². The van der Waals surface area contributed by atoms with Gasteiger partial charge in [0, 0.05) is 6.54 Å². The van der Waals surface area contributed by atoms with Crippen molar-refractivity contribution in [2.24, 2.45) is 0 Å².